The molecule has 0 saturated heterocycles. The number of alkyl halides is 28. The van der Waals surface area contributed by atoms with Crippen molar-refractivity contribution in [3.05, 3.63) is 18.5 Å². The molecule has 4 rings (SSSR count). The molecule has 1 aliphatic rings. The fourth-order valence-electron chi connectivity index (χ4n) is 5.37. The third kappa shape index (κ3) is 12.4. The van der Waals surface area contributed by atoms with Gasteiger partial charge in [-0.25, -0.2) is 0 Å². The zero-order valence-electron chi connectivity index (χ0n) is 35.0. The van der Waals surface area contributed by atoms with Crippen LogP contribution in [0.3, 0.4) is 0 Å². The average Bonchev–Trinajstić information content (AvgIpc) is 3.23. The lowest BCUT2D eigenvalue weighted by atomic mass is 10.1. The van der Waals surface area contributed by atoms with Crippen LogP contribution in [-0.4, -0.2) is 146 Å². The SMILES string of the molecule is FC(F)(F)C(F)(F)C(F)(F)CCOc1nc(OCCC(F)(F)C(F)(F)C(F)(F)F)nc(N2CCN(c3nc(OCCC(F)(F)C(F)(F)C(F)(F)F)nc(OCCC(F)(F)C(F)(F)C(F)(F)F)n3)c3cnccc32)n1. The Balaban J connectivity index is 1.75. The lowest BCUT2D eigenvalue weighted by Gasteiger charge is -2.36. The first-order chi connectivity index (χ1) is 33.2. The van der Waals surface area contributed by atoms with Gasteiger partial charge >= 0.3 is 96.1 Å². The summed E-state index contributed by atoms with van der Waals surface area (Å²) in [6.45, 7) is -9.19. The van der Waals surface area contributed by atoms with Crippen LogP contribution in [0.15, 0.2) is 18.5 Å². The van der Waals surface area contributed by atoms with Crippen LogP contribution in [0, 0.1) is 0 Å². The van der Waals surface area contributed by atoms with Gasteiger partial charge in [0.05, 0.1) is 69.7 Å². The van der Waals surface area contributed by atoms with Gasteiger partial charge in [-0.15, -0.1) is 9.97 Å². The number of pyridine rings is 1. The van der Waals surface area contributed by atoms with Crippen molar-refractivity contribution in [1.29, 1.82) is 0 Å². The minimum absolute atomic E-state index is 0.449. The maximum absolute atomic E-state index is 14.0. The average molecular weight is 1140 g/mol. The number of aromatic nitrogens is 7. The second-order valence-corrected chi connectivity index (χ2v) is 14.6. The van der Waals surface area contributed by atoms with E-state index in [-0.39, 0.29) is 0 Å². The van der Waals surface area contributed by atoms with E-state index in [1.807, 2.05) is 0 Å². The highest BCUT2D eigenvalue weighted by Crippen LogP contribution is 2.52. The van der Waals surface area contributed by atoms with Gasteiger partial charge in [0.2, 0.25) is 11.9 Å². The van der Waals surface area contributed by atoms with E-state index < -0.39 is 185 Å². The number of anilines is 4. The largest absolute Gasteiger partial charge is 0.463 e. The first-order valence-corrected chi connectivity index (χ1v) is 19.1. The van der Waals surface area contributed by atoms with Crippen molar-refractivity contribution in [3.63, 3.8) is 0 Å². The Morgan fingerprint density at radius 2 is 0.595 bits per heavy atom. The summed E-state index contributed by atoms with van der Waals surface area (Å²) in [5.41, 5.74) is -0.946. The molecular formula is C33H23F28N9O4. The van der Waals surface area contributed by atoms with E-state index in [4.69, 9.17) is 0 Å². The highest BCUT2D eigenvalue weighted by atomic mass is 19.5. The van der Waals surface area contributed by atoms with Gasteiger partial charge in [0.1, 0.15) is 0 Å². The fourth-order valence-corrected chi connectivity index (χ4v) is 5.37. The topological polar surface area (TPSA) is 134 Å². The molecule has 0 spiro atoms. The molecule has 0 aliphatic carbocycles. The van der Waals surface area contributed by atoms with Crippen molar-refractivity contribution in [3.8, 4) is 24.0 Å². The summed E-state index contributed by atoms with van der Waals surface area (Å²) in [5, 5.41) is 0. The summed E-state index contributed by atoms with van der Waals surface area (Å²) < 4.78 is 390. The number of ether oxygens (including phenoxy) is 4. The Hall–Kier alpha value is -5.99. The molecule has 41 heteroatoms. The number of hydrogen-bond acceptors (Lipinski definition) is 13. The van der Waals surface area contributed by atoms with Crippen molar-refractivity contribution < 1.29 is 142 Å². The van der Waals surface area contributed by atoms with Gasteiger partial charge in [0, 0.05) is 19.3 Å². The number of halogens is 28. The molecule has 74 heavy (non-hydrogen) atoms. The van der Waals surface area contributed by atoms with Crippen LogP contribution in [0.5, 0.6) is 24.0 Å². The quantitative estimate of drug-likeness (QED) is 0.0885. The van der Waals surface area contributed by atoms with Crippen molar-refractivity contribution in [1.82, 2.24) is 34.9 Å². The molecule has 0 fully saturated rings. The highest BCUT2D eigenvalue weighted by molar-refractivity contribution is 5.80. The van der Waals surface area contributed by atoms with Crippen LogP contribution >= 0.6 is 0 Å². The maximum Gasteiger partial charge on any atom is 0.459 e. The Morgan fingerprint density at radius 1 is 0.351 bits per heavy atom. The molecule has 3 aromatic heterocycles. The zero-order valence-corrected chi connectivity index (χ0v) is 35.0. The van der Waals surface area contributed by atoms with E-state index in [0.717, 1.165) is 28.3 Å². The molecule has 0 radical (unpaired) electrons. The summed E-state index contributed by atoms with van der Waals surface area (Å²) >= 11 is 0. The van der Waals surface area contributed by atoms with Gasteiger partial charge in [-0.1, -0.05) is 0 Å². The van der Waals surface area contributed by atoms with E-state index in [0.29, 0.717) is 0 Å². The van der Waals surface area contributed by atoms with E-state index in [9.17, 15) is 123 Å². The summed E-state index contributed by atoms with van der Waals surface area (Å²) in [4.78, 5) is 25.7. The van der Waals surface area contributed by atoms with E-state index in [1.165, 1.54) is 0 Å². The normalized spacial score (nSPS) is 15.3. The van der Waals surface area contributed by atoms with Crippen LogP contribution < -0.4 is 28.7 Å². The maximum atomic E-state index is 14.0. The van der Waals surface area contributed by atoms with Crippen LogP contribution in [0.25, 0.3) is 0 Å². The summed E-state index contributed by atoms with van der Waals surface area (Å²) in [6.07, 6.45) is -35.9. The lowest BCUT2D eigenvalue weighted by Crippen LogP contribution is -2.52. The highest BCUT2D eigenvalue weighted by Gasteiger charge is 2.75. The molecule has 4 heterocycles. The second kappa shape index (κ2) is 20.3. The van der Waals surface area contributed by atoms with E-state index >= 15 is 0 Å². The molecule has 3 aromatic rings. The van der Waals surface area contributed by atoms with Crippen molar-refractivity contribution in [2.24, 2.45) is 0 Å². The Bertz CT molecular complexity index is 2110. The van der Waals surface area contributed by atoms with Crippen LogP contribution in [0.2, 0.25) is 0 Å². The minimum atomic E-state index is -6.85. The van der Waals surface area contributed by atoms with Crippen LogP contribution in [-0.2, 0) is 0 Å². The van der Waals surface area contributed by atoms with Crippen LogP contribution in [0.1, 0.15) is 25.7 Å². The standard InChI is InChI=1S/C33H23F28N9O4/c34-22(35,26(42,43)30(50,51)52)2-9-71-18-63-16(64-19(67-18)72-10-3-23(36,37)27(44,45)31(53,54)55)69-7-8-70(15-13-62-6-1-14(15)69)17-65-20(73-11-4-24(38,39)28(46,47)32(56,57)58)68-21(66-17)74-12-5-25(40,41)29(48,49)33(59,60)61/h1,6,13H,2-5,7-12H2. The molecule has 1 aliphatic heterocycles. The van der Waals surface area contributed by atoms with Gasteiger partial charge in [-0.2, -0.15) is 143 Å². The first kappa shape index (κ1) is 60.6. The molecule has 13 nitrogen and oxygen atoms in total. The third-order valence-corrected chi connectivity index (χ3v) is 9.40. The van der Waals surface area contributed by atoms with Crippen molar-refractivity contribution in [2.45, 2.75) is 97.8 Å². The monoisotopic (exact) mass is 1140 g/mol. The van der Waals surface area contributed by atoms with E-state index in [1.54, 1.807) is 0 Å². The molecule has 420 valence electrons. The number of fused-ring (bicyclic) bond motifs is 1. The van der Waals surface area contributed by atoms with Gasteiger partial charge in [0.15, 0.2) is 0 Å². The summed E-state index contributed by atoms with van der Waals surface area (Å²) in [5.74, 6) is -52.8. The van der Waals surface area contributed by atoms with Crippen molar-refractivity contribution >= 4 is 23.3 Å². The Labute approximate surface area is 390 Å². The molecule has 0 bridgehead atoms. The molecular weight excluding hydrogens is 1120 g/mol. The second-order valence-electron chi connectivity index (χ2n) is 14.6. The Morgan fingerprint density at radius 3 is 0.838 bits per heavy atom. The van der Waals surface area contributed by atoms with Gasteiger partial charge in [-0.05, 0) is 6.07 Å². The first-order valence-electron chi connectivity index (χ1n) is 19.1. The number of nitrogens with zero attached hydrogens (tertiary/aromatic N) is 9. The zero-order chi connectivity index (χ0) is 56.7. The fraction of sp³-hybridized carbons (Fsp3) is 0.667. The van der Waals surface area contributed by atoms with E-state index in [2.05, 4.69) is 53.8 Å². The van der Waals surface area contributed by atoms with Gasteiger partial charge < -0.3 is 28.7 Å². The minimum Gasteiger partial charge on any atom is -0.463 e. The molecule has 0 unspecified atom stereocenters. The smallest absolute Gasteiger partial charge is 0.459 e. The predicted molar refractivity (Wildman–Crippen MR) is 182 cm³/mol. The lowest BCUT2D eigenvalue weighted by molar-refractivity contribution is -0.356. The van der Waals surface area contributed by atoms with Gasteiger partial charge in [-0.3, -0.25) is 4.98 Å². The predicted octanol–water partition coefficient (Wildman–Crippen LogP) is 11.1. The third-order valence-electron chi connectivity index (χ3n) is 9.40. The molecule has 0 N–H and O–H groups in total. The summed E-state index contributed by atoms with van der Waals surface area (Å²) in [6, 6.07) is -5.00. The molecule has 0 amide bonds. The molecule has 0 atom stereocenters. The molecule has 0 aromatic carbocycles. The number of rotatable bonds is 22. The van der Waals surface area contributed by atoms with Crippen LogP contribution in [0.4, 0.5) is 146 Å². The van der Waals surface area contributed by atoms with Crippen molar-refractivity contribution in [2.75, 3.05) is 49.3 Å². The number of hydrogen-bond donors (Lipinski definition) is 0. The summed E-state index contributed by atoms with van der Waals surface area (Å²) in [7, 11) is 0. The van der Waals surface area contributed by atoms with Gasteiger partial charge in [0.25, 0.3) is 0 Å². The Kier molecular flexibility index (Phi) is 16.6. The molecule has 0 saturated carbocycles.